The molecule has 3 aromatic rings. The number of nitrogens with zero attached hydrogens (tertiary/aromatic N) is 2. The zero-order valence-electron chi connectivity index (χ0n) is 19.5. The zero-order valence-corrected chi connectivity index (χ0v) is 19.5. The van der Waals surface area contributed by atoms with Gasteiger partial charge in [-0.1, -0.05) is 30.3 Å². The number of anilines is 1. The summed E-state index contributed by atoms with van der Waals surface area (Å²) in [4.78, 5) is 16.8. The van der Waals surface area contributed by atoms with E-state index in [2.05, 4.69) is 12.1 Å². The van der Waals surface area contributed by atoms with E-state index in [4.69, 9.17) is 14.2 Å². The van der Waals surface area contributed by atoms with Gasteiger partial charge in [-0.05, 0) is 42.3 Å². The van der Waals surface area contributed by atoms with Crippen LogP contribution in [0.2, 0.25) is 0 Å². The van der Waals surface area contributed by atoms with Crippen molar-refractivity contribution in [2.45, 2.75) is 19.4 Å². The first-order valence-corrected chi connectivity index (χ1v) is 11.3. The fraction of sp³-hybridized carbons (Fsp3) is 0.296. The quantitative estimate of drug-likeness (QED) is 0.431. The number of halogens is 1. The van der Waals surface area contributed by atoms with Crippen molar-refractivity contribution in [3.63, 3.8) is 0 Å². The van der Waals surface area contributed by atoms with E-state index in [0.29, 0.717) is 42.5 Å². The number of rotatable bonds is 9. The number of carbonyl (C=O) groups is 1. The van der Waals surface area contributed by atoms with Gasteiger partial charge in [0.25, 0.3) is 0 Å². The van der Waals surface area contributed by atoms with Crippen molar-refractivity contribution in [3.05, 3.63) is 83.7 Å². The van der Waals surface area contributed by atoms with Gasteiger partial charge in [0, 0.05) is 36.8 Å². The van der Waals surface area contributed by atoms with E-state index in [1.165, 1.54) is 24.8 Å². The molecule has 0 spiro atoms. The van der Waals surface area contributed by atoms with E-state index in [1.807, 2.05) is 36.4 Å². The lowest BCUT2D eigenvalue weighted by molar-refractivity contribution is 0.191. The smallest absolute Gasteiger partial charge is 0.324 e. The summed E-state index contributed by atoms with van der Waals surface area (Å²) in [6.07, 6.45) is 1.56. The molecule has 1 fully saturated rings. The van der Waals surface area contributed by atoms with Gasteiger partial charge in [0.1, 0.15) is 11.6 Å². The Bertz CT molecular complexity index is 1120. The molecular formula is C27H29FN2O4. The normalized spacial score (nSPS) is 13.7. The lowest BCUT2D eigenvalue weighted by atomic mass is 10.1. The summed E-state index contributed by atoms with van der Waals surface area (Å²) < 4.78 is 30.7. The number of methoxy groups -OCH3 is 2. The molecule has 0 N–H and O–H groups in total. The summed E-state index contributed by atoms with van der Waals surface area (Å²) in [5, 5.41) is 0. The summed E-state index contributed by atoms with van der Waals surface area (Å²) in [6.45, 7) is 1.94. The van der Waals surface area contributed by atoms with Crippen LogP contribution >= 0.6 is 0 Å². The van der Waals surface area contributed by atoms with E-state index in [1.54, 1.807) is 23.0 Å². The second-order valence-corrected chi connectivity index (χ2v) is 8.08. The number of hydrogen-bond donors (Lipinski definition) is 0. The summed E-state index contributed by atoms with van der Waals surface area (Å²) in [5.41, 5.74) is 2.56. The van der Waals surface area contributed by atoms with Crippen LogP contribution in [-0.4, -0.2) is 44.8 Å². The van der Waals surface area contributed by atoms with Crippen LogP contribution in [0.15, 0.2) is 66.7 Å². The Morgan fingerprint density at radius 2 is 1.65 bits per heavy atom. The highest BCUT2D eigenvalue weighted by Gasteiger charge is 2.28. The fourth-order valence-corrected chi connectivity index (χ4v) is 4.11. The molecular weight excluding hydrogens is 435 g/mol. The molecule has 1 heterocycles. The van der Waals surface area contributed by atoms with Gasteiger partial charge in [0.2, 0.25) is 0 Å². The first-order valence-electron chi connectivity index (χ1n) is 11.3. The highest BCUT2D eigenvalue weighted by atomic mass is 19.1. The van der Waals surface area contributed by atoms with Gasteiger partial charge in [-0.3, -0.25) is 4.90 Å². The minimum atomic E-state index is -0.357. The molecule has 1 aliphatic rings. The van der Waals surface area contributed by atoms with Crippen LogP contribution in [0.1, 0.15) is 17.5 Å². The highest BCUT2D eigenvalue weighted by molar-refractivity contribution is 5.93. The molecule has 1 aliphatic heterocycles. The SMILES string of the molecule is COc1ccc(F)cc1CN1CCCN(c2ccc(OC)c(OCCc3ccccc3)c2)C1=O. The summed E-state index contributed by atoms with van der Waals surface area (Å²) >= 11 is 0. The van der Waals surface area contributed by atoms with Gasteiger partial charge in [-0.2, -0.15) is 0 Å². The number of amides is 2. The van der Waals surface area contributed by atoms with E-state index >= 15 is 0 Å². The summed E-state index contributed by atoms with van der Waals surface area (Å²) in [6, 6.07) is 19.8. The fourth-order valence-electron chi connectivity index (χ4n) is 4.11. The van der Waals surface area contributed by atoms with E-state index in [0.717, 1.165) is 18.5 Å². The maximum absolute atomic E-state index is 13.8. The second kappa shape index (κ2) is 10.9. The molecule has 178 valence electrons. The second-order valence-electron chi connectivity index (χ2n) is 8.08. The first-order chi connectivity index (χ1) is 16.6. The third kappa shape index (κ3) is 5.42. The van der Waals surface area contributed by atoms with Gasteiger partial charge in [-0.25, -0.2) is 9.18 Å². The Morgan fingerprint density at radius 3 is 2.41 bits per heavy atom. The van der Waals surface area contributed by atoms with Gasteiger partial charge >= 0.3 is 6.03 Å². The van der Waals surface area contributed by atoms with Crippen molar-refractivity contribution < 1.29 is 23.4 Å². The molecule has 0 aliphatic carbocycles. The van der Waals surface area contributed by atoms with Crippen LogP contribution in [0.25, 0.3) is 0 Å². The Balaban J connectivity index is 1.49. The third-order valence-electron chi connectivity index (χ3n) is 5.86. The summed E-state index contributed by atoms with van der Waals surface area (Å²) in [5.74, 6) is 1.41. The number of ether oxygens (including phenoxy) is 3. The molecule has 0 saturated carbocycles. The third-order valence-corrected chi connectivity index (χ3v) is 5.86. The van der Waals surface area contributed by atoms with Crippen LogP contribution in [0.4, 0.5) is 14.9 Å². The number of benzene rings is 3. The van der Waals surface area contributed by atoms with Gasteiger partial charge in [0.05, 0.1) is 27.4 Å². The topological polar surface area (TPSA) is 51.2 Å². The minimum Gasteiger partial charge on any atom is -0.496 e. The Kier molecular flexibility index (Phi) is 7.52. The molecule has 0 atom stereocenters. The van der Waals surface area contributed by atoms with Crippen molar-refractivity contribution in [1.82, 2.24) is 4.90 Å². The van der Waals surface area contributed by atoms with Crippen LogP contribution in [0, 0.1) is 5.82 Å². The Hall–Kier alpha value is -3.74. The lowest BCUT2D eigenvalue weighted by Crippen LogP contribution is -2.49. The van der Waals surface area contributed by atoms with Crippen LogP contribution in [-0.2, 0) is 13.0 Å². The molecule has 4 rings (SSSR count). The number of carbonyl (C=O) groups excluding carboxylic acids is 1. The van der Waals surface area contributed by atoms with Crippen molar-refractivity contribution >= 4 is 11.7 Å². The molecule has 0 unspecified atom stereocenters. The maximum atomic E-state index is 13.8. The van der Waals surface area contributed by atoms with E-state index in [-0.39, 0.29) is 18.4 Å². The van der Waals surface area contributed by atoms with Crippen LogP contribution < -0.4 is 19.1 Å². The van der Waals surface area contributed by atoms with E-state index in [9.17, 15) is 9.18 Å². The van der Waals surface area contributed by atoms with Gasteiger partial charge in [-0.15, -0.1) is 0 Å². The van der Waals surface area contributed by atoms with Crippen molar-refractivity contribution in [2.24, 2.45) is 0 Å². The molecule has 0 aromatic heterocycles. The minimum absolute atomic E-state index is 0.141. The molecule has 1 saturated heterocycles. The zero-order chi connectivity index (χ0) is 23.9. The van der Waals surface area contributed by atoms with Gasteiger partial charge < -0.3 is 19.1 Å². The lowest BCUT2D eigenvalue weighted by Gasteiger charge is -2.36. The predicted octanol–water partition coefficient (Wildman–Crippen LogP) is 5.30. The van der Waals surface area contributed by atoms with Crippen molar-refractivity contribution in [1.29, 1.82) is 0 Å². The largest absolute Gasteiger partial charge is 0.496 e. The first kappa shape index (κ1) is 23.4. The standard InChI is InChI=1S/C27H29FN2O4/c1-32-24-11-9-22(28)17-21(24)19-29-14-6-15-30(27(29)31)23-10-12-25(33-2)26(18-23)34-16-13-20-7-4-3-5-8-20/h3-5,7-12,17-18H,6,13-16,19H2,1-2H3. The average Bonchev–Trinajstić information content (AvgIpc) is 2.86. The predicted molar refractivity (Wildman–Crippen MR) is 129 cm³/mol. The molecule has 34 heavy (non-hydrogen) atoms. The number of urea groups is 1. The average molecular weight is 465 g/mol. The van der Waals surface area contributed by atoms with Crippen molar-refractivity contribution in [3.8, 4) is 17.2 Å². The number of hydrogen-bond acceptors (Lipinski definition) is 4. The highest BCUT2D eigenvalue weighted by Crippen LogP contribution is 2.33. The van der Waals surface area contributed by atoms with E-state index < -0.39 is 0 Å². The van der Waals surface area contributed by atoms with Crippen LogP contribution in [0.5, 0.6) is 17.2 Å². The monoisotopic (exact) mass is 464 g/mol. The van der Waals surface area contributed by atoms with Crippen molar-refractivity contribution in [2.75, 3.05) is 38.8 Å². The molecule has 7 heteroatoms. The molecule has 0 bridgehead atoms. The molecule has 3 aromatic carbocycles. The van der Waals surface area contributed by atoms with Crippen LogP contribution in [0.3, 0.4) is 0 Å². The Labute approximate surface area is 199 Å². The molecule has 0 radical (unpaired) electrons. The summed E-state index contributed by atoms with van der Waals surface area (Å²) in [7, 11) is 3.14. The molecule has 2 amide bonds. The maximum Gasteiger partial charge on any atom is 0.324 e. The Morgan fingerprint density at radius 1 is 0.882 bits per heavy atom. The van der Waals surface area contributed by atoms with Gasteiger partial charge in [0.15, 0.2) is 11.5 Å². The molecule has 6 nitrogen and oxygen atoms in total.